The molecule has 1 aliphatic rings. The summed E-state index contributed by atoms with van der Waals surface area (Å²) in [6, 6.07) is 5.53. The van der Waals surface area contributed by atoms with E-state index in [4.69, 9.17) is 17.3 Å². The molecule has 7 nitrogen and oxygen atoms in total. The van der Waals surface area contributed by atoms with E-state index < -0.39 is 12.1 Å². The lowest BCUT2D eigenvalue weighted by atomic mass is 10.1. The van der Waals surface area contributed by atoms with Gasteiger partial charge in [-0.05, 0) is 24.3 Å². The van der Waals surface area contributed by atoms with Gasteiger partial charge in [-0.1, -0.05) is 11.6 Å². The molecule has 29 heavy (non-hydrogen) atoms. The number of nitrogen functional groups attached to an aromatic ring is 1. The number of nitrogens with one attached hydrogen (secondary N) is 1. The number of alkyl halides is 3. The molecule has 1 saturated heterocycles. The van der Waals surface area contributed by atoms with Crippen LogP contribution in [0, 0.1) is 0 Å². The number of aromatic nitrogens is 3. The quantitative estimate of drug-likeness (QED) is 0.667. The number of hydrogen-bond donors (Lipinski definition) is 2. The molecule has 11 heteroatoms. The SMILES string of the molecule is Nc1ccc(OC(F)(F)F)c(-c2cc3ncnc(N4CCNCC4)c3cc2Cl)n1. The molecule has 2 aromatic heterocycles. The zero-order chi connectivity index (χ0) is 20.6. The lowest BCUT2D eigenvalue weighted by molar-refractivity contribution is -0.274. The van der Waals surface area contributed by atoms with Gasteiger partial charge in [0.25, 0.3) is 0 Å². The fourth-order valence-corrected chi connectivity index (χ4v) is 3.49. The second kappa shape index (κ2) is 7.53. The first-order valence-corrected chi connectivity index (χ1v) is 9.12. The highest BCUT2D eigenvalue weighted by molar-refractivity contribution is 6.34. The molecule has 0 radical (unpaired) electrons. The van der Waals surface area contributed by atoms with Crippen molar-refractivity contribution >= 4 is 34.1 Å². The maximum Gasteiger partial charge on any atom is 0.573 e. The fraction of sp³-hybridized carbons (Fsp3) is 0.278. The van der Waals surface area contributed by atoms with Crippen molar-refractivity contribution < 1.29 is 17.9 Å². The normalized spacial score (nSPS) is 15.0. The molecule has 1 fully saturated rings. The molecule has 0 saturated carbocycles. The number of piperazine rings is 1. The molecule has 152 valence electrons. The summed E-state index contributed by atoms with van der Waals surface area (Å²) in [4.78, 5) is 14.7. The number of anilines is 2. The number of nitrogens with zero attached hydrogens (tertiary/aromatic N) is 4. The molecule has 4 rings (SSSR count). The summed E-state index contributed by atoms with van der Waals surface area (Å²) in [6.07, 6.45) is -3.47. The van der Waals surface area contributed by atoms with Crippen LogP contribution in [0.25, 0.3) is 22.2 Å². The molecule has 0 spiro atoms. The highest BCUT2D eigenvalue weighted by Gasteiger charge is 2.33. The Balaban J connectivity index is 1.84. The highest BCUT2D eigenvalue weighted by Crippen LogP contribution is 2.39. The summed E-state index contributed by atoms with van der Waals surface area (Å²) >= 11 is 6.44. The summed E-state index contributed by atoms with van der Waals surface area (Å²) in [5, 5.41) is 4.16. The Morgan fingerprint density at radius 1 is 1.14 bits per heavy atom. The molecule has 0 bridgehead atoms. The van der Waals surface area contributed by atoms with Gasteiger partial charge in [0.1, 0.15) is 23.7 Å². The van der Waals surface area contributed by atoms with Crippen LogP contribution in [0.4, 0.5) is 24.8 Å². The Hall–Kier alpha value is -2.85. The van der Waals surface area contributed by atoms with Gasteiger partial charge in [0.05, 0.1) is 10.5 Å². The minimum absolute atomic E-state index is 0.0369. The second-order valence-corrected chi connectivity index (χ2v) is 6.82. The van der Waals surface area contributed by atoms with Crippen molar-refractivity contribution in [1.82, 2.24) is 20.3 Å². The molecule has 0 unspecified atom stereocenters. The summed E-state index contributed by atoms with van der Waals surface area (Å²) in [6.45, 7) is 3.18. The molecule has 3 heterocycles. The summed E-state index contributed by atoms with van der Waals surface area (Å²) in [5.74, 6) is 0.261. The molecule has 0 amide bonds. The molecule has 0 aliphatic carbocycles. The third kappa shape index (κ3) is 4.13. The number of fused-ring (bicyclic) bond motifs is 1. The van der Waals surface area contributed by atoms with Crippen LogP contribution in [0.3, 0.4) is 0 Å². The van der Waals surface area contributed by atoms with Gasteiger partial charge in [-0.25, -0.2) is 15.0 Å². The highest BCUT2D eigenvalue weighted by atomic mass is 35.5. The van der Waals surface area contributed by atoms with E-state index in [0.29, 0.717) is 10.9 Å². The van der Waals surface area contributed by atoms with Crippen LogP contribution in [0.5, 0.6) is 5.75 Å². The average molecular weight is 425 g/mol. The number of pyridine rings is 1. The van der Waals surface area contributed by atoms with Crippen LogP contribution >= 0.6 is 11.6 Å². The van der Waals surface area contributed by atoms with E-state index >= 15 is 0 Å². The van der Waals surface area contributed by atoms with Crippen molar-refractivity contribution in [3.05, 3.63) is 35.6 Å². The van der Waals surface area contributed by atoms with Crippen LogP contribution < -0.4 is 20.7 Å². The van der Waals surface area contributed by atoms with Crippen LogP contribution in [-0.2, 0) is 0 Å². The molecule has 1 aliphatic heterocycles. The molecule has 3 N–H and O–H groups in total. The van der Waals surface area contributed by atoms with Gasteiger partial charge in [-0.3, -0.25) is 0 Å². The van der Waals surface area contributed by atoms with Gasteiger partial charge in [0.15, 0.2) is 5.75 Å². The first kappa shape index (κ1) is 19.5. The maximum absolute atomic E-state index is 12.8. The van der Waals surface area contributed by atoms with Gasteiger partial charge in [-0.2, -0.15) is 0 Å². The van der Waals surface area contributed by atoms with Gasteiger partial charge in [0, 0.05) is 37.1 Å². The molecular weight excluding hydrogens is 409 g/mol. The number of nitrogens with two attached hydrogens (primary N) is 1. The van der Waals surface area contributed by atoms with E-state index in [-0.39, 0.29) is 22.1 Å². The fourth-order valence-electron chi connectivity index (χ4n) is 3.23. The van der Waals surface area contributed by atoms with Crippen molar-refractivity contribution in [3.63, 3.8) is 0 Å². The van der Waals surface area contributed by atoms with Crippen LogP contribution in [0.15, 0.2) is 30.6 Å². The topological polar surface area (TPSA) is 89.2 Å². The number of ether oxygens (including phenoxy) is 1. The van der Waals surface area contributed by atoms with E-state index in [2.05, 4.69) is 29.9 Å². The van der Waals surface area contributed by atoms with E-state index in [1.54, 1.807) is 12.1 Å². The molecule has 1 aromatic carbocycles. The Morgan fingerprint density at radius 2 is 1.90 bits per heavy atom. The van der Waals surface area contributed by atoms with E-state index in [1.807, 2.05) is 0 Å². The predicted molar refractivity (Wildman–Crippen MR) is 104 cm³/mol. The van der Waals surface area contributed by atoms with Crippen molar-refractivity contribution in [2.45, 2.75) is 6.36 Å². The maximum atomic E-state index is 12.8. The number of benzene rings is 1. The Bertz CT molecular complexity index is 1060. The predicted octanol–water partition coefficient (Wildman–Crippen LogP) is 3.24. The zero-order valence-electron chi connectivity index (χ0n) is 15.0. The summed E-state index contributed by atoms with van der Waals surface area (Å²) < 4.78 is 42.5. The number of hydrogen-bond acceptors (Lipinski definition) is 7. The third-order valence-corrected chi connectivity index (χ3v) is 4.79. The largest absolute Gasteiger partial charge is 0.573 e. The zero-order valence-corrected chi connectivity index (χ0v) is 15.8. The van der Waals surface area contributed by atoms with Crippen LogP contribution in [-0.4, -0.2) is 47.5 Å². The minimum atomic E-state index is -4.88. The monoisotopic (exact) mass is 424 g/mol. The van der Waals surface area contributed by atoms with E-state index in [1.165, 1.54) is 12.4 Å². The van der Waals surface area contributed by atoms with Gasteiger partial charge in [0.2, 0.25) is 0 Å². The van der Waals surface area contributed by atoms with Gasteiger partial charge in [-0.15, -0.1) is 13.2 Å². The van der Waals surface area contributed by atoms with Crippen LogP contribution in [0.2, 0.25) is 5.02 Å². The number of rotatable bonds is 3. The van der Waals surface area contributed by atoms with Gasteiger partial charge >= 0.3 is 6.36 Å². The lowest BCUT2D eigenvalue weighted by Gasteiger charge is -2.29. The third-order valence-electron chi connectivity index (χ3n) is 4.48. The average Bonchev–Trinajstić information content (AvgIpc) is 2.68. The minimum Gasteiger partial charge on any atom is -0.403 e. The Morgan fingerprint density at radius 3 is 2.62 bits per heavy atom. The summed E-state index contributed by atoms with van der Waals surface area (Å²) in [7, 11) is 0. The number of halogens is 4. The van der Waals surface area contributed by atoms with Crippen LogP contribution in [0.1, 0.15) is 0 Å². The first-order chi connectivity index (χ1) is 13.8. The Labute approximate surface area is 168 Å². The first-order valence-electron chi connectivity index (χ1n) is 8.74. The van der Waals surface area contributed by atoms with E-state index in [9.17, 15) is 13.2 Å². The molecule has 3 aromatic rings. The standard InChI is InChI=1S/C18H16ClF3N6O/c19-12-7-11-13(25-9-26-17(11)28-5-3-24-4-6-28)8-10(12)16-14(29-18(20,21)22)1-2-15(23)27-16/h1-2,7-9,24H,3-6H2,(H2,23,27). The second-order valence-electron chi connectivity index (χ2n) is 6.41. The van der Waals surface area contributed by atoms with Crippen molar-refractivity contribution in [3.8, 4) is 17.0 Å². The Kier molecular flexibility index (Phi) is 5.05. The lowest BCUT2D eigenvalue weighted by Crippen LogP contribution is -2.44. The summed E-state index contributed by atoms with van der Waals surface area (Å²) in [5.41, 5.74) is 6.32. The van der Waals surface area contributed by atoms with Crippen molar-refractivity contribution in [2.24, 2.45) is 0 Å². The molecule has 0 atom stereocenters. The van der Waals surface area contributed by atoms with Crippen molar-refractivity contribution in [2.75, 3.05) is 36.8 Å². The van der Waals surface area contributed by atoms with E-state index in [0.717, 1.165) is 38.1 Å². The smallest absolute Gasteiger partial charge is 0.403 e. The van der Waals surface area contributed by atoms with Gasteiger partial charge < -0.3 is 20.7 Å². The molecular formula is C18H16ClF3N6O. The van der Waals surface area contributed by atoms with Crippen molar-refractivity contribution in [1.29, 1.82) is 0 Å².